The van der Waals surface area contributed by atoms with Gasteiger partial charge in [-0.3, -0.25) is 9.59 Å². The molecule has 0 aliphatic rings. The highest BCUT2D eigenvalue weighted by Gasteiger charge is 2.16. The quantitative estimate of drug-likeness (QED) is 0.563. The molecule has 1 unspecified atom stereocenters. The van der Waals surface area contributed by atoms with Crippen LogP contribution in [0.1, 0.15) is 40.5 Å². The SMILES string of the molecule is CCC(CC(=O)O)NC(=O)NCC(=O)NC(C)(C)C. The van der Waals surface area contributed by atoms with Crippen LogP contribution in [0.3, 0.4) is 0 Å². The summed E-state index contributed by atoms with van der Waals surface area (Å²) in [5, 5.41) is 16.2. The summed E-state index contributed by atoms with van der Waals surface area (Å²) in [6.07, 6.45) is 0.367. The molecule has 0 aliphatic heterocycles. The Kier molecular flexibility index (Phi) is 6.89. The van der Waals surface area contributed by atoms with Crippen molar-refractivity contribution < 1.29 is 19.5 Å². The third-order valence-corrected chi connectivity index (χ3v) is 2.17. The number of carboxylic acid groups (broad SMARTS) is 1. The molecular weight excluding hydrogens is 250 g/mol. The third-order valence-electron chi connectivity index (χ3n) is 2.17. The van der Waals surface area contributed by atoms with Crippen molar-refractivity contribution in [3.05, 3.63) is 0 Å². The van der Waals surface area contributed by atoms with E-state index in [1.54, 1.807) is 6.92 Å². The molecule has 4 N–H and O–H groups in total. The summed E-state index contributed by atoms with van der Waals surface area (Å²) in [5.41, 5.74) is -0.357. The lowest BCUT2D eigenvalue weighted by Gasteiger charge is -2.21. The molecule has 7 nitrogen and oxygen atoms in total. The maximum absolute atomic E-state index is 11.5. The molecule has 7 heteroatoms. The van der Waals surface area contributed by atoms with Crippen LogP contribution in [-0.4, -0.2) is 41.1 Å². The molecule has 0 spiro atoms. The summed E-state index contributed by atoms with van der Waals surface area (Å²) >= 11 is 0. The third kappa shape index (κ3) is 9.87. The Bertz CT molecular complexity index is 336. The fraction of sp³-hybridized carbons (Fsp3) is 0.750. The van der Waals surface area contributed by atoms with E-state index in [1.807, 2.05) is 20.8 Å². The lowest BCUT2D eigenvalue weighted by Crippen LogP contribution is -2.49. The minimum absolute atomic E-state index is 0.141. The second kappa shape index (κ2) is 7.60. The highest BCUT2D eigenvalue weighted by Crippen LogP contribution is 1.98. The van der Waals surface area contributed by atoms with Gasteiger partial charge in [-0.2, -0.15) is 0 Å². The second-order valence-electron chi connectivity index (χ2n) is 5.33. The predicted molar refractivity (Wildman–Crippen MR) is 70.8 cm³/mol. The first-order valence-corrected chi connectivity index (χ1v) is 6.21. The van der Waals surface area contributed by atoms with Gasteiger partial charge in [-0.25, -0.2) is 4.79 Å². The van der Waals surface area contributed by atoms with Gasteiger partial charge in [0.1, 0.15) is 0 Å². The summed E-state index contributed by atoms with van der Waals surface area (Å²) in [6.45, 7) is 7.15. The molecule has 0 aromatic rings. The number of amides is 3. The van der Waals surface area contributed by atoms with E-state index < -0.39 is 18.0 Å². The van der Waals surface area contributed by atoms with Crippen LogP contribution in [0, 0.1) is 0 Å². The topological polar surface area (TPSA) is 108 Å². The number of carboxylic acids is 1. The first-order chi connectivity index (χ1) is 8.64. The van der Waals surface area contributed by atoms with Crippen molar-refractivity contribution >= 4 is 17.9 Å². The summed E-state index contributed by atoms with van der Waals surface area (Å²) in [4.78, 5) is 33.5. The molecule has 0 radical (unpaired) electrons. The zero-order chi connectivity index (χ0) is 15.1. The highest BCUT2D eigenvalue weighted by molar-refractivity contribution is 5.84. The molecule has 0 aromatic carbocycles. The van der Waals surface area contributed by atoms with E-state index in [-0.39, 0.29) is 24.4 Å². The van der Waals surface area contributed by atoms with Crippen LogP contribution in [0.25, 0.3) is 0 Å². The molecule has 0 aliphatic carbocycles. The Hall–Kier alpha value is -1.79. The highest BCUT2D eigenvalue weighted by atomic mass is 16.4. The van der Waals surface area contributed by atoms with E-state index in [0.717, 1.165) is 0 Å². The lowest BCUT2D eigenvalue weighted by atomic mass is 10.1. The molecule has 0 aromatic heterocycles. The number of nitrogens with one attached hydrogen (secondary N) is 3. The van der Waals surface area contributed by atoms with Crippen LogP contribution in [0.4, 0.5) is 4.79 Å². The maximum Gasteiger partial charge on any atom is 0.315 e. The first kappa shape index (κ1) is 17.2. The second-order valence-corrected chi connectivity index (χ2v) is 5.33. The van der Waals surface area contributed by atoms with Gasteiger partial charge >= 0.3 is 12.0 Å². The van der Waals surface area contributed by atoms with Crippen LogP contribution in [-0.2, 0) is 9.59 Å². The van der Waals surface area contributed by atoms with E-state index in [2.05, 4.69) is 16.0 Å². The van der Waals surface area contributed by atoms with Gasteiger partial charge in [-0.15, -0.1) is 0 Å². The van der Waals surface area contributed by atoms with E-state index in [0.29, 0.717) is 6.42 Å². The minimum atomic E-state index is -0.974. The monoisotopic (exact) mass is 273 g/mol. The van der Waals surface area contributed by atoms with Crippen molar-refractivity contribution in [2.45, 2.75) is 52.1 Å². The molecule has 0 saturated carbocycles. The van der Waals surface area contributed by atoms with Crippen LogP contribution in [0.15, 0.2) is 0 Å². The Morgan fingerprint density at radius 1 is 1.21 bits per heavy atom. The number of hydrogen-bond donors (Lipinski definition) is 4. The van der Waals surface area contributed by atoms with Gasteiger partial charge in [0.05, 0.1) is 13.0 Å². The normalized spacial score (nSPS) is 12.4. The number of rotatable bonds is 6. The van der Waals surface area contributed by atoms with Crippen molar-refractivity contribution in [1.82, 2.24) is 16.0 Å². The first-order valence-electron chi connectivity index (χ1n) is 6.21. The average molecular weight is 273 g/mol. The molecule has 0 bridgehead atoms. The molecule has 0 rings (SSSR count). The Morgan fingerprint density at radius 3 is 2.21 bits per heavy atom. The Balaban J connectivity index is 4.04. The predicted octanol–water partition coefficient (Wildman–Crippen LogP) is 0.454. The van der Waals surface area contributed by atoms with Crippen LogP contribution < -0.4 is 16.0 Å². The van der Waals surface area contributed by atoms with E-state index >= 15 is 0 Å². The molecule has 19 heavy (non-hydrogen) atoms. The summed E-state index contributed by atoms with van der Waals surface area (Å²) in [5.74, 6) is -1.27. The number of hydrogen-bond acceptors (Lipinski definition) is 3. The van der Waals surface area contributed by atoms with E-state index in [9.17, 15) is 14.4 Å². The van der Waals surface area contributed by atoms with Crippen LogP contribution in [0.2, 0.25) is 0 Å². The molecule has 110 valence electrons. The molecular formula is C12H23N3O4. The zero-order valence-corrected chi connectivity index (χ0v) is 11.9. The van der Waals surface area contributed by atoms with Gasteiger partial charge in [-0.1, -0.05) is 6.92 Å². The number of carbonyl (C=O) groups is 3. The lowest BCUT2D eigenvalue weighted by molar-refractivity contribution is -0.137. The van der Waals surface area contributed by atoms with Gasteiger partial charge in [0.2, 0.25) is 5.91 Å². The number of carbonyl (C=O) groups excluding carboxylic acids is 2. The smallest absolute Gasteiger partial charge is 0.315 e. The fourth-order valence-electron chi connectivity index (χ4n) is 1.37. The summed E-state index contributed by atoms with van der Waals surface area (Å²) in [6, 6.07) is -0.986. The van der Waals surface area contributed by atoms with Crippen LogP contribution in [0.5, 0.6) is 0 Å². The summed E-state index contributed by atoms with van der Waals surface area (Å²) < 4.78 is 0. The van der Waals surface area contributed by atoms with E-state index in [4.69, 9.17) is 5.11 Å². The van der Waals surface area contributed by atoms with Crippen LogP contribution >= 0.6 is 0 Å². The fourth-order valence-corrected chi connectivity index (χ4v) is 1.37. The maximum atomic E-state index is 11.5. The number of urea groups is 1. The van der Waals surface area contributed by atoms with Crippen molar-refractivity contribution in [2.75, 3.05) is 6.54 Å². The standard InChI is InChI=1S/C12H23N3O4/c1-5-8(6-10(17)18)14-11(19)13-7-9(16)15-12(2,3)4/h8H,5-7H2,1-4H3,(H,15,16)(H,17,18)(H2,13,14,19). The Morgan fingerprint density at radius 2 is 1.79 bits per heavy atom. The van der Waals surface area contributed by atoms with Crippen molar-refractivity contribution in [3.8, 4) is 0 Å². The van der Waals surface area contributed by atoms with Gasteiger partial charge in [0, 0.05) is 11.6 Å². The minimum Gasteiger partial charge on any atom is -0.481 e. The summed E-state index contributed by atoms with van der Waals surface area (Å²) in [7, 11) is 0. The van der Waals surface area contributed by atoms with Crippen molar-refractivity contribution in [2.24, 2.45) is 0 Å². The van der Waals surface area contributed by atoms with Crippen molar-refractivity contribution in [3.63, 3.8) is 0 Å². The average Bonchev–Trinajstić information content (AvgIpc) is 2.22. The molecule has 0 saturated heterocycles. The van der Waals surface area contributed by atoms with Gasteiger partial charge in [0.25, 0.3) is 0 Å². The van der Waals surface area contributed by atoms with E-state index in [1.165, 1.54) is 0 Å². The molecule has 3 amide bonds. The van der Waals surface area contributed by atoms with Gasteiger partial charge < -0.3 is 21.1 Å². The number of aliphatic carboxylic acids is 1. The molecule has 0 fully saturated rings. The van der Waals surface area contributed by atoms with Gasteiger partial charge in [-0.05, 0) is 27.2 Å². The van der Waals surface area contributed by atoms with Gasteiger partial charge in [0.15, 0.2) is 0 Å². The van der Waals surface area contributed by atoms with Crippen molar-refractivity contribution in [1.29, 1.82) is 0 Å². The largest absolute Gasteiger partial charge is 0.481 e. The Labute approximate surface area is 113 Å². The zero-order valence-electron chi connectivity index (χ0n) is 11.9. The molecule has 1 atom stereocenters. The molecule has 0 heterocycles.